The van der Waals surface area contributed by atoms with Crippen LogP contribution in [-0.4, -0.2) is 34.1 Å². The molecule has 9 nitrogen and oxygen atoms in total. The lowest BCUT2D eigenvalue weighted by atomic mass is 10.2. The molecule has 0 fully saturated rings. The third kappa shape index (κ3) is 5.68. The summed E-state index contributed by atoms with van der Waals surface area (Å²) >= 11 is 6.08. The highest BCUT2D eigenvalue weighted by Gasteiger charge is 2.13. The summed E-state index contributed by atoms with van der Waals surface area (Å²) in [6, 6.07) is 17.5. The Kier molecular flexibility index (Phi) is 7.26. The summed E-state index contributed by atoms with van der Waals surface area (Å²) in [5, 5.41) is 18.0. The molecule has 0 saturated heterocycles. The van der Waals surface area contributed by atoms with Crippen LogP contribution in [0, 0.1) is 5.82 Å². The van der Waals surface area contributed by atoms with Crippen molar-refractivity contribution >= 4 is 52.3 Å². The molecule has 4 aromatic rings. The minimum Gasteiger partial charge on any atom is -0.495 e. The highest BCUT2D eigenvalue weighted by Crippen LogP contribution is 2.29. The van der Waals surface area contributed by atoms with Crippen molar-refractivity contribution in [2.24, 2.45) is 0 Å². The quantitative estimate of drug-likeness (QED) is 0.239. The van der Waals surface area contributed by atoms with E-state index in [2.05, 4.69) is 25.9 Å². The van der Waals surface area contributed by atoms with Crippen LogP contribution in [0.3, 0.4) is 0 Å². The molecule has 4 N–H and O–H groups in total. The Labute approximate surface area is 209 Å². The molecule has 0 unspecified atom stereocenters. The number of carbonyl (C=O) groups is 2. The number of aromatic nitrogens is 2. The van der Waals surface area contributed by atoms with Crippen molar-refractivity contribution < 1.29 is 23.8 Å². The number of para-hydroxylation sites is 1. The average Bonchev–Trinajstić information content (AvgIpc) is 2.88. The van der Waals surface area contributed by atoms with E-state index in [1.54, 1.807) is 48.5 Å². The molecule has 0 aliphatic heterocycles. The van der Waals surface area contributed by atoms with Gasteiger partial charge in [-0.15, -0.1) is 0 Å². The summed E-state index contributed by atoms with van der Waals surface area (Å²) in [6.45, 7) is 0. The van der Waals surface area contributed by atoms with E-state index in [1.807, 2.05) is 0 Å². The van der Waals surface area contributed by atoms with Crippen molar-refractivity contribution in [1.82, 2.24) is 9.97 Å². The zero-order valence-electron chi connectivity index (χ0n) is 18.8. The molecule has 0 saturated carbocycles. The lowest BCUT2D eigenvalue weighted by Crippen LogP contribution is -2.12. The normalized spacial score (nSPS) is 10.4. The van der Waals surface area contributed by atoms with Gasteiger partial charge in [0.2, 0.25) is 5.95 Å². The first-order valence-electron chi connectivity index (χ1n) is 10.5. The molecular formula is C25H19ClFN5O4. The SMILES string of the molecule is COc1cc(C(=O)O)ccc1Nc1ncc(F)c(Nc2ccc(C(=O)Nc3ccccc3Cl)cc2)n1. The summed E-state index contributed by atoms with van der Waals surface area (Å²) in [5.74, 6) is -1.95. The smallest absolute Gasteiger partial charge is 0.335 e. The minimum atomic E-state index is -1.10. The average molecular weight is 508 g/mol. The molecule has 182 valence electrons. The monoisotopic (exact) mass is 507 g/mol. The highest BCUT2D eigenvalue weighted by molar-refractivity contribution is 6.33. The fourth-order valence-electron chi connectivity index (χ4n) is 3.16. The van der Waals surface area contributed by atoms with Crippen LogP contribution < -0.4 is 20.7 Å². The van der Waals surface area contributed by atoms with Crippen molar-refractivity contribution in [2.45, 2.75) is 0 Å². The number of carboxylic acids is 1. The van der Waals surface area contributed by atoms with Gasteiger partial charge >= 0.3 is 5.97 Å². The molecule has 0 radical (unpaired) electrons. The Morgan fingerprint density at radius 1 is 0.972 bits per heavy atom. The number of hydrogen-bond donors (Lipinski definition) is 4. The first kappa shape index (κ1) is 24.4. The molecule has 1 heterocycles. The van der Waals surface area contributed by atoms with Gasteiger partial charge < -0.3 is 25.8 Å². The maximum atomic E-state index is 14.4. The van der Waals surface area contributed by atoms with E-state index in [0.717, 1.165) is 6.20 Å². The van der Waals surface area contributed by atoms with E-state index >= 15 is 0 Å². The number of aromatic carboxylic acids is 1. The van der Waals surface area contributed by atoms with E-state index < -0.39 is 11.8 Å². The van der Waals surface area contributed by atoms with Gasteiger partial charge in [-0.2, -0.15) is 4.98 Å². The van der Waals surface area contributed by atoms with Crippen LogP contribution >= 0.6 is 11.6 Å². The maximum absolute atomic E-state index is 14.4. The van der Waals surface area contributed by atoms with Gasteiger partial charge in [-0.05, 0) is 54.6 Å². The van der Waals surface area contributed by atoms with Crippen LogP contribution in [0.1, 0.15) is 20.7 Å². The molecule has 4 rings (SSSR count). The summed E-state index contributed by atoms with van der Waals surface area (Å²) < 4.78 is 19.6. The van der Waals surface area contributed by atoms with Crippen LogP contribution in [0.2, 0.25) is 5.02 Å². The number of amides is 1. The van der Waals surface area contributed by atoms with Gasteiger partial charge in [-0.3, -0.25) is 4.79 Å². The molecule has 0 aliphatic carbocycles. The van der Waals surface area contributed by atoms with Crippen LogP contribution in [-0.2, 0) is 0 Å². The Balaban J connectivity index is 1.48. The van der Waals surface area contributed by atoms with E-state index in [0.29, 0.717) is 27.6 Å². The van der Waals surface area contributed by atoms with Crippen molar-refractivity contribution in [2.75, 3.05) is 23.1 Å². The summed E-state index contributed by atoms with van der Waals surface area (Å²) in [7, 11) is 1.39. The van der Waals surface area contributed by atoms with Crippen molar-refractivity contribution in [3.05, 3.63) is 94.9 Å². The van der Waals surface area contributed by atoms with Crippen molar-refractivity contribution in [1.29, 1.82) is 0 Å². The van der Waals surface area contributed by atoms with Crippen LogP contribution in [0.4, 0.5) is 33.2 Å². The predicted octanol–water partition coefficient (Wildman–Crippen LogP) is 5.72. The van der Waals surface area contributed by atoms with Crippen LogP contribution in [0.5, 0.6) is 5.75 Å². The number of nitrogens with one attached hydrogen (secondary N) is 3. The number of ether oxygens (including phenoxy) is 1. The largest absolute Gasteiger partial charge is 0.495 e. The number of halogens is 2. The van der Waals surface area contributed by atoms with E-state index in [1.165, 1.54) is 25.3 Å². The molecule has 0 bridgehead atoms. The van der Waals surface area contributed by atoms with Crippen LogP contribution in [0.25, 0.3) is 0 Å². The number of methoxy groups -OCH3 is 1. The van der Waals surface area contributed by atoms with Gasteiger partial charge in [0.15, 0.2) is 11.6 Å². The van der Waals surface area contributed by atoms with Gasteiger partial charge in [0.25, 0.3) is 5.91 Å². The topological polar surface area (TPSA) is 125 Å². The van der Waals surface area contributed by atoms with Gasteiger partial charge in [0, 0.05) is 11.3 Å². The van der Waals surface area contributed by atoms with Gasteiger partial charge in [-0.1, -0.05) is 23.7 Å². The predicted molar refractivity (Wildman–Crippen MR) is 134 cm³/mol. The number of anilines is 5. The minimum absolute atomic E-state index is 0.0452. The molecule has 0 spiro atoms. The fraction of sp³-hybridized carbons (Fsp3) is 0.0400. The Hall–Kier alpha value is -4.70. The number of hydrogen-bond acceptors (Lipinski definition) is 7. The molecule has 11 heteroatoms. The first-order valence-corrected chi connectivity index (χ1v) is 10.9. The number of rotatable bonds is 8. The van der Waals surface area contributed by atoms with Gasteiger partial charge in [0.05, 0.1) is 35.3 Å². The number of nitrogens with zero attached hydrogens (tertiary/aromatic N) is 2. The standard InChI is InChI=1S/C25H19ClFN5O4/c1-36-21-12-15(24(34)35)8-11-20(21)31-25-28-13-18(27)22(32-25)29-16-9-6-14(7-10-16)23(33)30-19-5-3-2-4-17(19)26/h2-13H,1H3,(H,30,33)(H,34,35)(H2,28,29,31,32). The lowest BCUT2D eigenvalue weighted by molar-refractivity contribution is 0.0696. The van der Waals surface area contributed by atoms with E-state index in [4.69, 9.17) is 21.4 Å². The van der Waals surface area contributed by atoms with Crippen molar-refractivity contribution in [3.63, 3.8) is 0 Å². The van der Waals surface area contributed by atoms with Crippen LogP contribution in [0.15, 0.2) is 72.9 Å². The molecular weight excluding hydrogens is 489 g/mol. The molecule has 1 amide bonds. The summed E-state index contributed by atoms with van der Waals surface area (Å²) in [6.07, 6.45) is 0.987. The second-order valence-corrected chi connectivity index (χ2v) is 7.78. The van der Waals surface area contributed by atoms with Crippen molar-refractivity contribution in [3.8, 4) is 5.75 Å². The van der Waals surface area contributed by atoms with Gasteiger partial charge in [0.1, 0.15) is 5.75 Å². The van der Waals surface area contributed by atoms with Gasteiger partial charge in [-0.25, -0.2) is 14.2 Å². The maximum Gasteiger partial charge on any atom is 0.335 e. The number of carboxylic acid groups (broad SMARTS) is 1. The zero-order chi connectivity index (χ0) is 25.7. The fourth-order valence-corrected chi connectivity index (χ4v) is 3.34. The Morgan fingerprint density at radius 2 is 1.69 bits per heavy atom. The van der Waals surface area contributed by atoms with E-state index in [9.17, 15) is 14.0 Å². The molecule has 36 heavy (non-hydrogen) atoms. The highest BCUT2D eigenvalue weighted by atomic mass is 35.5. The molecule has 3 aromatic carbocycles. The van der Waals surface area contributed by atoms with E-state index in [-0.39, 0.29) is 29.0 Å². The third-order valence-electron chi connectivity index (χ3n) is 4.97. The Morgan fingerprint density at radius 3 is 2.39 bits per heavy atom. The summed E-state index contributed by atoms with van der Waals surface area (Å²) in [5.41, 5.74) is 1.79. The third-order valence-corrected chi connectivity index (χ3v) is 5.30. The zero-order valence-corrected chi connectivity index (χ0v) is 19.5. The second kappa shape index (κ2) is 10.7. The number of carbonyl (C=O) groups excluding carboxylic acids is 1. The molecule has 0 aliphatic rings. The molecule has 1 aromatic heterocycles. The number of benzene rings is 3. The molecule has 0 atom stereocenters. The lowest BCUT2D eigenvalue weighted by Gasteiger charge is -2.12. The second-order valence-electron chi connectivity index (χ2n) is 7.37. The first-order chi connectivity index (χ1) is 17.3. The Bertz CT molecular complexity index is 1430. The summed E-state index contributed by atoms with van der Waals surface area (Å²) in [4.78, 5) is 31.7.